The summed E-state index contributed by atoms with van der Waals surface area (Å²) in [5, 5.41) is 20.7. The number of aliphatic hydroxyl groups excluding tert-OH is 1. The van der Waals surface area contributed by atoms with Crippen LogP contribution in [0.1, 0.15) is 36.6 Å². The molecule has 0 amide bonds. The van der Waals surface area contributed by atoms with Crippen LogP contribution in [0.15, 0.2) is 35.7 Å². The molecule has 112 valence electrons. The molecule has 1 saturated carbocycles. The number of hydrogen-bond acceptors (Lipinski definition) is 5. The van der Waals surface area contributed by atoms with E-state index in [2.05, 4.69) is 10.3 Å². The number of thiazole rings is 1. The summed E-state index contributed by atoms with van der Waals surface area (Å²) in [7, 11) is 0. The molecule has 6 heteroatoms. The van der Waals surface area contributed by atoms with Gasteiger partial charge in [0.25, 0.3) is 0 Å². The molecule has 0 aliphatic heterocycles. The van der Waals surface area contributed by atoms with Crippen molar-refractivity contribution in [2.45, 2.75) is 31.8 Å². The molecule has 22 heavy (non-hydrogen) atoms. The molecule has 0 bridgehead atoms. The van der Waals surface area contributed by atoms with Gasteiger partial charge in [0.1, 0.15) is 5.69 Å². The standard InChI is InChI=1S/C16H16N4OS/c21-9-13-15(12-7-4-8-12)20(19-18-13)16-17-14(10-22-16)11-5-2-1-3-6-11/h1-3,5-6,10,12,21H,4,7-9H2. The van der Waals surface area contributed by atoms with Crippen LogP contribution in [0, 0.1) is 0 Å². The van der Waals surface area contributed by atoms with Gasteiger partial charge in [-0.3, -0.25) is 0 Å². The number of hydrogen-bond donors (Lipinski definition) is 1. The van der Waals surface area contributed by atoms with E-state index in [4.69, 9.17) is 4.98 Å². The van der Waals surface area contributed by atoms with E-state index in [1.807, 2.05) is 40.4 Å². The molecule has 0 unspecified atom stereocenters. The van der Waals surface area contributed by atoms with Crippen molar-refractivity contribution in [3.63, 3.8) is 0 Å². The molecule has 2 aromatic heterocycles. The molecule has 5 nitrogen and oxygen atoms in total. The zero-order valence-corrected chi connectivity index (χ0v) is 12.8. The van der Waals surface area contributed by atoms with E-state index in [-0.39, 0.29) is 6.61 Å². The highest BCUT2D eigenvalue weighted by atomic mass is 32.1. The third-order valence-corrected chi connectivity index (χ3v) is 4.98. The van der Waals surface area contributed by atoms with Gasteiger partial charge in [0, 0.05) is 16.9 Å². The van der Waals surface area contributed by atoms with Gasteiger partial charge in [0.2, 0.25) is 5.13 Å². The van der Waals surface area contributed by atoms with Crippen molar-refractivity contribution in [2.24, 2.45) is 0 Å². The predicted molar refractivity (Wildman–Crippen MR) is 85.0 cm³/mol. The molecule has 0 radical (unpaired) electrons. The summed E-state index contributed by atoms with van der Waals surface area (Å²) in [5.41, 5.74) is 3.75. The van der Waals surface area contributed by atoms with Crippen LogP contribution in [0.3, 0.4) is 0 Å². The summed E-state index contributed by atoms with van der Waals surface area (Å²) in [5.74, 6) is 0.446. The van der Waals surface area contributed by atoms with Crippen LogP contribution in [0.25, 0.3) is 16.4 Å². The van der Waals surface area contributed by atoms with Crippen molar-refractivity contribution in [2.75, 3.05) is 0 Å². The molecule has 1 aliphatic rings. The number of nitrogens with zero attached hydrogens (tertiary/aromatic N) is 4. The summed E-state index contributed by atoms with van der Waals surface area (Å²) < 4.78 is 1.81. The first-order chi connectivity index (χ1) is 10.9. The lowest BCUT2D eigenvalue weighted by Gasteiger charge is -2.25. The van der Waals surface area contributed by atoms with Gasteiger partial charge in [-0.2, -0.15) is 4.68 Å². The van der Waals surface area contributed by atoms with E-state index in [1.54, 1.807) is 11.3 Å². The van der Waals surface area contributed by atoms with Gasteiger partial charge >= 0.3 is 0 Å². The number of benzene rings is 1. The normalized spacial score (nSPS) is 15.0. The van der Waals surface area contributed by atoms with Crippen molar-refractivity contribution in [1.29, 1.82) is 0 Å². The third kappa shape index (κ3) is 2.24. The molecular formula is C16H16N4OS. The lowest BCUT2D eigenvalue weighted by Crippen LogP contribution is -2.16. The molecule has 0 atom stereocenters. The Balaban J connectivity index is 1.74. The second kappa shape index (κ2) is 5.62. The molecule has 0 spiro atoms. The van der Waals surface area contributed by atoms with Crippen LogP contribution in [0.5, 0.6) is 0 Å². The molecular weight excluding hydrogens is 296 g/mol. The van der Waals surface area contributed by atoms with Crippen molar-refractivity contribution in [3.8, 4) is 16.4 Å². The van der Waals surface area contributed by atoms with Gasteiger partial charge in [-0.05, 0) is 12.8 Å². The van der Waals surface area contributed by atoms with E-state index in [0.717, 1.165) is 34.9 Å². The van der Waals surface area contributed by atoms with Crippen LogP contribution < -0.4 is 0 Å². The minimum atomic E-state index is -0.0667. The first kappa shape index (κ1) is 13.6. The number of rotatable bonds is 4. The Labute approximate surface area is 132 Å². The van der Waals surface area contributed by atoms with Crippen LogP contribution in [-0.4, -0.2) is 25.1 Å². The summed E-state index contributed by atoms with van der Waals surface area (Å²) in [6.07, 6.45) is 3.50. The smallest absolute Gasteiger partial charge is 0.212 e. The van der Waals surface area contributed by atoms with Gasteiger partial charge in [-0.1, -0.05) is 42.0 Å². The molecule has 1 aliphatic carbocycles. The molecule has 1 N–H and O–H groups in total. The summed E-state index contributed by atoms with van der Waals surface area (Å²) >= 11 is 1.56. The van der Waals surface area contributed by atoms with Crippen LogP contribution >= 0.6 is 11.3 Å². The fourth-order valence-electron chi connectivity index (χ4n) is 2.77. The molecule has 3 aromatic rings. The Morgan fingerprint density at radius 3 is 2.73 bits per heavy atom. The minimum absolute atomic E-state index is 0.0667. The van der Waals surface area contributed by atoms with E-state index < -0.39 is 0 Å². The second-order valence-corrected chi connectivity index (χ2v) is 6.34. The van der Waals surface area contributed by atoms with E-state index in [9.17, 15) is 5.11 Å². The van der Waals surface area contributed by atoms with Crippen LogP contribution in [-0.2, 0) is 6.61 Å². The molecule has 2 heterocycles. The van der Waals surface area contributed by atoms with E-state index in [1.165, 1.54) is 6.42 Å². The third-order valence-electron chi connectivity index (χ3n) is 4.16. The van der Waals surface area contributed by atoms with Gasteiger partial charge in [0.15, 0.2) is 0 Å². The monoisotopic (exact) mass is 312 g/mol. The van der Waals surface area contributed by atoms with Crippen molar-refractivity contribution >= 4 is 11.3 Å². The summed E-state index contributed by atoms with van der Waals surface area (Å²) in [4.78, 5) is 4.70. The van der Waals surface area contributed by atoms with Gasteiger partial charge in [0.05, 0.1) is 18.0 Å². The summed E-state index contributed by atoms with van der Waals surface area (Å²) in [6, 6.07) is 10.1. The minimum Gasteiger partial charge on any atom is -0.390 e. The Morgan fingerprint density at radius 2 is 2.05 bits per heavy atom. The maximum atomic E-state index is 9.50. The zero-order chi connectivity index (χ0) is 14.9. The molecule has 1 fully saturated rings. The highest BCUT2D eigenvalue weighted by Gasteiger charge is 2.28. The van der Waals surface area contributed by atoms with Gasteiger partial charge in [-0.15, -0.1) is 16.4 Å². The quantitative estimate of drug-likeness (QED) is 0.804. The van der Waals surface area contributed by atoms with Gasteiger partial charge < -0.3 is 5.11 Å². The lowest BCUT2D eigenvalue weighted by atomic mass is 9.82. The van der Waals surface area contributed by atoms with Crippen molar-refractivity contribution < 1.29 is 5.11 Å². The highest BCUT2D eigenvalue weighted by Crippen LogP contribution is 2.39. The van der Waals surface area contributed by atoms with E-state index >= 15 is 0 Å². The first-order valence-corrected chi connectivity index (χ1v) is 8.31. The Bertz CT molecular complexity index is 777. The number of aromatic nitrogens is 4. The Morgan fingerprint density at radius 1 is 1.23 bits per heavy atom. The zero-order valence-electron chi connectivity index (χ0n) is 12.0. The number of aliphatic hydroxyl groups is 1. The maximum absolute atomic E-state index is 9.50. The molecule has 1 aromatic carbocycles. The van der Waals surface area contributed by atoms with Crippen molar-refractivity contribution in [3.05, 3.63) is 47.1 Å². The van der Waals surface area contributed by atoms with E-state index in [0.29, 0.717) is 11.6 Å². The molecule has 4 rings (SSSR count). The van der Waals surface area contributed by atoms with Crippen LogP contribution in [0.2, 0.25) is 0 Å². The Hall–Kier alpha value is -2.05. The second-order valence-electron chi connectivity index (χ2n) is 5.50. The highest BCUT2D eigenvalue weighted by molar-refractivity contribution is 7.12. The average Bonchev–Trinajstić information content (AvgIpc) is 3.13. The fraction of sp³-hybridized carbons (Fsp3) is 0.312. The maximum Gasteiger partial charge on any atom is 0.212 e. The average molecular weight is 312 g/mol. The molecule has 0 saturated heterocycles. The lowest BCUT2D eigenvalue weighted by molar-refractivity contribution is 0.272. The predicted octanol–water partition coefficient (Wildman–Crippen LogP) is 3.15. The van der Waals surface area contributed by atoms with Gasteiger partial charge in [-0.25, -0.2) is 4.98 Å². The summed E-state index contributed by atoms with van der Waals surface area (Å²) in [6.45, 7) is -0.0667. The first-order valence-electron chi connectivity index (χ1n) is 7.43. The Kier molecular flexibility index (Phi) is 3.48. The fourth-order valence-corrected chi connectivity index (χ4v) is 3.56. The van der Waals surface area contributed by atoms with Crippen molar-refractivity contribution in [1.82, 2.24) is 20.0 Å². The SMILES string of the molecule is OCc1nnn(-c2nc(-c3ccccc3)cs2)c1C1CCC1. The largest absolute Gasteiger partial charge is 0.390 e. The van der Waals surface area contributed by atoms with Crippen LogP contribution in [0.4, 0.5) is 0 Å². The topological polar surface area (TPSA) is 63.8 Å².